The molecule has 0 saturated heterocycles. The molecule has 10 rings (SSSR count). The molecule has 220 valence electrons. The molecular formula is C44H28N2S. The molecule has 0 unspecified atom stereocenters. The van der Waals surface area contributed by atoms with Crippen molar-refractivity contribution in [2.24, 2.45) is 0 Å². The van der Waals surface area contributed by atoms with Crippen molar-refractivity contribution < 1.29 is 0 Å². The second-order valence-electron chi connectivity index (χ2n) is 12.1. The number of nitrogens with zero attached hydrogens (tertiary/aromatic N) is 2. The van der Waals surface area contributed by atoms with Gasteiger partial charge >= 0.3 is 0 Å². The average Bonchev–Trinajstić information content (AvgIpc) is 3.83. The Bertz CT molecular complexity index is 2770. The van der Waals surface area contributed by atoms with Gasteiger partial charge in [-0.15, -0.1) is 11.3 Å². The molecule has 0 saturated carbocycles. The number of hydrogen-bond donors (Lipinski definition) is 0. The van der Waals surface area contributed by atoms with Crippen LogP contribution in [0, 0.1) is 0 Å². The van der Waals surface area contributed by atoms with Crippen molar-refractivity contribution in [1.29, 1.82) is 0 Å². The van der Waals surface area contributed by atoms with E-state index < -0.39 is 0 Å². The topological polar surface area (TPSA) is 9.86 Å². The Morgan fingerprint density at radius 3 is 1.79 bits per heavy atom. The van der Waals surface area contributed by atoms with Crippen LogP contribution in [0.25, 0.3) is 86.6 Å². The molecule has 7 aromatic carbocycles. The van der Waals surface area contributed by atoms with E-state index in [1.54, 1.807) is 0 Å². The highest BCUT2D eigenvalue weighted by Crippen LogP contribution is 2.46. The van der Waals surface area contributed by atoms with Crippen molar-refractivity contribution in [1.82, 2.24) is 9.13 Å². The summed E-state index contributed by atoms with van der Waals surface area (Å²) in [5.74, 6) is 0. The summed E-state index contributed by atoms with van der Waals surface area (Å²) in [5, 5.41) is 6.37. The number of benzene rings is 7. The number of para-hydroxylation sites is 2. The Morgan fingerprint density at radius 2 is 1.00 bits per heavy atom. The number of rotatable bonds is 4. The van der Waals surface area contributed by atoms with Gasteiger partial charge in [0.1, 0.15) is 0 Å². The molecule has 0 atom stereocenters. The molecule has 0 N–H and O–H groups in total. The molecule has 3 aromatic heterocycles. The van der Waals surface area contributed by atoms with Crippen LogP contribution in [0.1, 0.15) is 0 Å². The smallest absolute Gasteiger partial charge is 0.0641 e. The molecule has 3 heterocycles. The minimum Gasteiger partial charge on any atom is -0.309 e. The summed E-state index contributed by atoms with van der Waals surface area (Å²) in [4.78, 5) is 0. The predicted octanol–water partition coefficient (Wildman–Crippen LogP) is 12.4. The highest BCUT2D eigenvalue weighted by atomic mass is 32.1. The van der Waals surface area contributed by atoms with E-state index in [0.29, 0.717) is 0 Å². The number of hydrogen-bond acceptors (Lipinski definition) is 1. The molecule has 0 fully saturated rings. The zero-order valence-electron chi connectivity index (χ0n) is 25.5. The van der Waals surface area contributed by atoms with E-state index in [1.807, 2.05) is 11.3 Å². The molecular weight excluding hydrogens is 589 g/mol. The molecule has 0 bridgehead atoms. The van der Waals surface area contributed by atoms with Gasteiger partial charge in [-0.05, 0) is 53.1 Å². The summed E-state index contributed by atoms with van der Waals surface area (Å²) in [6.45, 7) is 0. The van der Waals surface area contributed by atoms with Crippen molar-refractivity contribution >= 4 is 64.2 Å². The van der Waals surface area contributed by atoms with E-state index in [-0.39, 0.29) is 0 Å². The van der Waals surface area contributed by atoms with Gasteiger partial charge in [0.2, 0.25) is 0 Å². The van der Waals surface area contributed by atoms with Crippen molar-refractivity contribution in [3.63, 3.8) is 0 Å². The monoisotopic (exact) mass is 616 g/mol. The lowest BCUT2D eigenvalue weighted by Crippen LogP contribution is -1.97. The maximum absolute atomic E-state index is 2.52. The first-order valence-electron chi connectivity index (χ1n) is 16.0. The Morgan fingerprint density at radius 1 is 0.383 bits per heavy atom. The van der Waals surface area contributed by atoms with Crippen molar-refractivity contribution in [3.8, 4) is 33.8 Å². The zero-order chi connectivity index (χ0) is 30.9. The van der Waals surface area contributed by atoms with Gasteiger partial charge in [-0.25, -0.2) is 0 Å². The van der Waals surface area contributed by atoms with E-state index in [0.717, 1.165) is 5.69 Å². The van der Waals surface area contributed by atoms with E-state index in [1.165, 1.54) is 81.0 Å². The van der Waals surface area contributed by atoms with Crippen LogP contribution in [0.2, 0.25) is 0 Å². The molecule has 0 amide bonds. The highest BCUT2D eigenvalue weighted by Gasteiger charge is 2.22. The Labute approximate surface area is 276 Å². The van der Waals surface area contributed by atoms with Crippen LogP contribution in [0.5, 0.6) is 0 Å². The molecule has 10 aromatic rings. The molecule has 3 heteroatoms. The summed E-state index contributed by atoms with van der Waals surface area (Å²) in [7, 11) is 0. The van der Waals surface area contributed by atoms with Crippen LogP contribution in [-0.2, 0) is 0 Å². The Kier molecular flexibility index (Phi) is 5.78. The lowest BCUT2D eigenvalue weighted by molar-refractivity contribution is 1.13. The minimum absolute atomic E-state index is 1.16. The quantitative estimate of drug-likeness (QED) is 0.186. The first kappa shape index (κ1) is 26.3. The van der Waals surface area contributed by atoms with E-state index in [4.69, 9.17) is 0 Å². The third kappa shape index (κ3) is 3.90. The zero-order valence-corrected chi connectivity index (χ0v) is 26.3. The second kappa shape index (κ2) is 10.3. The summed E-state index contributed by atoms with van der Waals surface area (Å²) >= 11 is 1.91. The summed E-state index contributed by atoms with van der Waals surface area (Å²) < 4.78 is 7.57. The number of fused-ring (bicyclic) bond motifs is 8. The van der Waals surface area contributed by atoms with E-state index in [9.17, 15) is 0 Å². The van der Waals surface area contributed by atoms with E-state index >= 15 is 0 Å². The number of aromatic nitrogens is 2. The summed E-state index contributed by atoms with van der Waals surface area (Å²) in [6, 6.07) is 61.7. The Hall–Kier alpha value is -5.90. The van der Waals surface area contributed by atoms with Crippen LogP contribution in [-0.4, -0.2) is 9.13 Å². The lowest BCUT2D eigenvalue weighted by atomic mass is 10.0. The molecule has 0 spiro atoms. The predicted molar refractivity (Wildman–Crippen MR) is 201 cm³/mol. The van der Waals surface area contributed by atoms with Gasteiger partial charge < -0.3 is 9.13 Å². The maximum atomic E-state index is 2.52. The first-order chi connectivity index (χ1) is 23.3. The van der Waals surface area contributed by atoms with Crippen LogP contribution in [0.4, 0.5) is 0 Å². The molecule has 0 radical (unpaired) electrons. The fourth-order valence-corrected chi connectivity index (χ4v) is 8.83. The normalized spacial score (nSPS) is 11.8. The largest absolute Gasteiger partial charge is 0.309 e. The van der Waals surface area contributed by atoms with Crippen molar-refractivity contribution in [2.75, 3.05) is 0 Å². The first-order valence-corrected chi connectivity index (χ1v) is 16.9. The molecule has 0 aliphatic carbocycles. The van der Waals surface area contributed by atoms with Crippen LogP contribution in [0.15, 0.2) is 170 Å². The van der Waals surface area contributed by atoms with Gasteiger partial charge in [0.05, 0.1) is 32.6 Å². The SMILES string of the molecule is c1ccc(-c2cccc3c2sc2c(-n4c5ccccc5c5ccc6c(cc(-c7ccccc7)n6-c6ccccc6)c54)cccc23)cc1. The van der Waals surface area contributed by atoms with Crippen molar-refractivity contribution in [2.45, 2.75) is 0 Å². The van der Waals surface area contributed by atoms with Crippen LogP contribution < -0.4 is 0 Å². The van der Waals surface area contributed by atoms with Gasteiger partial charge in [-0.1, -0.05) is 133 Å². The van der Waals surface area contributed by atoms with Crippen LogP contribution in [0.3, 0.4) is 0 Å². The van der Waals surface area contributed by atoms with Gasteiger partial charge in [0.25, 0.3) is 0 Å². The van der Waals surface area contributed by atoms with E-state index in [2.05, 4.69) is 179 Å². The third-order valence-corrected chi connectivity index (χ3v) is 10.8. The van der Waals surface area contributed by atoms with Gasteiger partial charge in [-0.2, -0.15) is 0 Å². The van der Waals surface area contributed by atoms with Gasteiger partial charge in [0, 0.05) is 37.3 Å². The molecule has 0 aliphatic heterocycles. The molecule has 2 nitrogen and oxygen atoms in total. The number of thiophene rings is 1. The fraction of sp³-hybridized carbons (Fsp3) is 0. The summed E-state index contributed by atoms with van der Waals surface area (Å²) in [6.07, 6.45) is 0. The highest BCUT2D eigenvalue weighted by molar-refractivity contribution is 7.26. The maximum Gasteiger partial charge on any atom is 0.0641 e. The second-order valence-corrected chi connectivity index (χ2v) is 13.1. The summed E-state index contributed by atoms with van der Waals surface area (Å²) in [5.41, 5.74) is 10.9. The van der Waals surface area contributed by atoms with Crippen LogP contribution >= 0.6 is 11.3 Å². The molecule has 47 heavy (non-hydrogen) atoms. The van der Waals surface area contributed by atoms with Crippen molar-refractivity contribution in [3.05, 3.63) is 170 Å². The fourth-order valence-electron chi connectivity index (χ4n) is 7.49. The minimum atomic E-state index is 1.16. The Balaban J connectivity index is 1.35. The lowest BCUT2D eigenvalue weighted by Gasteiger charge is -2.12. The average molecular weight is 617 g/mol. The molecule has 0 aliphatic rings. The van der Waals surface area contributed by atoms with Gasteiger partial charge in [-0.3, -0.25) is 0 Å². The third-order valence-electron chi connectivity index (χ3n) is 9.53. The standard InChI is InChI=1S/C44H28N2S/c1-4-14-29(15-5-1)32-21-12-22-35-36-23-13-25-40(44(36)47-43(32)35)46-38-24-11-10-20-33(38)34-26-27-39-37(42(34)46)28-41(30-16-6-2-7-17-30)45(39)31-18-8-3-9-19-31/h1-28H. The van der Waals surface area contributed by atoms with Gasteiger partial charge in [0.15, 0.2) is 0 Å².